The Kier molecular flexibility index (Phi) is 4.51. The zero-order valence-electron chi connectivity index (χ0n) is 14.2. The number of aryl methyl sites for hydroxylation is 2. The first-order valence-corrected chi connectivity index (χ1v) is 8.59. The molecule has 0 unspecified atom stereocenters. The van der Waals surface area contributed by atoms with Gasteiger partial charge in [0.25, 0.3) is 5.91 Å². The molecule has 1 aliphatic heterocycles. The van der Waals surface area contributed by atoms with E-state index in [4.69, 9.17) is 0 Å². The molecule has 23 heavy (non-hydrogen) atoms. The van der Waals surface area contributed by atoms with Crippen LogP contribution in [0.2, 0.25) is 0 Å². The van der Waals surface area contributed by atoms with Crippen LogP contribution < -0.4 is 4.90 Å². The number of benzene rings is 1. The smallest absolute Gasteiger partial charge is 0.278 e. The van der Waals surface area contributed by atoms with Gasteiger partial charge in [-0.1, -0.05) is 39.3 Å². The molecule has 2 aromatic rings. The standard InChI is InChI=1S/C19H25N3O/c1-4-6-16-12-17(21-20-16)19(23)22-10-5-7-15-11-14(13(2)3)8-9-18(15)22/h8-9,11-13H,4-7,10H2,1-3H3,(H,20,21). The largest absolute Gasteiger partial charge is 0.307 e. The zero-order valence-corrected chi connectivity index (χ0v) is 14.2. The van der Waals surface area contributed by atoms with Crippen LogP contribution in [0.5, 0.6) is 0 Å². The third-order valence-corrected chi connectivity index (χ3v) is 4.50. The molecule has 1 aromatic carbocycles. The predicted octanol–water partition coefficient (Wildman–Crippen LogP) is 4.08. The fraction of sp³-hybridized carbons (Fsp3) is 0.474. The molecule has 0 radical (unpaired) electrons. The molecule has 3 rings (SSSR count). The van der Waals surface area contributed by atoms with Gasteiger partial charge in [0.1, 0.15) is 0 Å². The molecule has 122 valence electrons. The van der Waals surface area contributed by atoms with Crippen LogP contribution in [0, 0.1) is 0 Å². The number of rotatable bonds is 4. The number of aromatic amines is 1. The first-order chi connectivity index (χ1) is 11.1. The summed E-state index contributed by atoms with van der Waals surface area (Å²) >= 11 is 0. The van der Waals surface area contributed by atoms with Crippen LogP contribution in [0.3, 0.4) is 0 Å². The van der Waals surface area contributed by atoms with Crippen LogP contribution in [0.4, 0.5) is 5.69 Å². The topological polar surface area (TPSA) is 49.0 Å². The van der Waals surface area contributed by atoms with Crippen LogP contribution in [-0.2, 0) is 12.8 Å². The summed E-state index contributed by atoms with van der Waals surface area (Å²) in [6.45, 7) is 7.29. The highest BCUT2D eigenvalue weighted by Gasteiger charge is 2.25. The number of carbonyl (C=O) groups is 1. The lowest BCUT2D eigenvalue weighted by Crippen LogP contribution is -2.35. The second-order valence-electron chi connectivity index (χ2n) is 6.63. The number of aromatic nitrogens is 2. The van der Waals surface area contributed by atoms with Crippen LogP contribution in [0.15, 0.2) is 24.3 Å². The summed E-state index contributed by atoms with van der Waals surface area (Å²) < 4.78 is 0. The Morgan fingerprint density at radius 2 is 2.17 bits per heavy atom. The van der Waals surface area contributed by atoms with Crippen LogP contribution in [-0.4, -0.2) is 22.6 Å². The minimum atomic E-state index is 0.00171. The van der Waals surface area contributed by atoms with E-state index in [0.717, 1.165) is 43.6 Å². The zero-order chi connectivity index (χ0) is 16.4. The van der Waals surface area contributed by atoms with Gasteiger partial charge < -0.3 is 4.90 Å². The summed E-state index contributed by atoms with van der Waals surface area (Å²) in [5.41, 5.74) is 5.21. The van der Waals surface area contributed by atoms with E-state index < -0.39 is 0 Å². The van der Waals surface area contributed by atoms with E-state index in [1.807, 2.05) is 11.0 Å². The average Bonchev–Trinajstić information content (AvgIpc) is 3.02. The van der Waals surface area contributed by atoms with Crippen molar-refractivity contribution in [2.24, 2.45) is 0 Å². The minimum Gasteiger partial charge on any atom is -0.307 e. The van der Waals surface area contributed by atoms with Crippen molar-refractivity contribution < 1.29 is 4.79 Å². The molecule has 0 aliphatic carbocycles. The molecule has 0 saturated heterocycles. The first-order valence-electron chi connectivity index (χ1n) is 8.59. The fourth-order valence-corrected chi connectivity index (χ4v) is 3.19. The highest BCUT2D eigenvalue weighted by molar-refractivity contribution is 6.05. The molecule has 1 amide bonds. The number of amides is 1. The van der Waals surface area contributed by atoms with Gasteiger partial charge >= 0.3 is 0 Å². The van der Waals surface area contributed by atoms with Gasteiger partial charge in [0.15, 0.2) is 5.69 Å². The maximum atomic E-state index is 12.8. The van der Waals surface area contributed by atoms with Crippen molar-refractivity contribution in [1.29, 1.82) is 0 Å². The molecule has 0 bridgehead atoms. The lowest BCUT2D eigenvalue weighted by molar-refractivity contribution is 0.0980. The van der Waals surface area contributed by atoms with E-state index in [9.17, 15) is 4.79 Å². The molecule has 1 aliphatic rings. The van der Waals surface area contributed by atoms with Crippen LogP contribution in [0.1, 0.15) is 66.8 Å². The number of H-pyrrole nitrogens is 1. The molecule has 4 heteroatoms. The summed E-state index contributed by atoms with van der Waals surface area (Å²) in [5, 5.41) is 7.19. The Hall–Kier alpha value is -2.10. The summed E-state index contributed by atoms with van der Waals surface area (Å²) in [5.74, 6) is 0.510. The molecule has 2 heterocycles. The van der Waals surface area contributed by atoms with E-state index in [1.165, 1.54) is 11.1 Å². The lowest BCUT2D eigenvalue weighted by Gasteiger charge is -2.29. The normalized spacial score (nSPS) is 14.2. The molecule has 0 atom stereocenters. The Morgan fingerprint density at radius 3 is 2.91 bits per heavy atom. The van der Waals surface area contributed by atoms with Gasteiger partial charge in [-0.05, 0) is 48.4 Å². The number of hydrogen-bond donors (Lipinski definition) is 1. The molecule has 1 aromatic heterocycles. The summed E-state index contributed by atoms with van der Waals surface area (Å²) in [6.07, 6.45) is 4.02. The number of carbonyl (C=O) groups excluding carboxylic acids is 1. The van der Waals surface area contributed by atoms with Gasteiger partial charge in [-0.25, -0.2) is 0 Å². The van der Waals surface area contributed by atoms with E-state index in [-0.39, 0.29) is 5.91 Å². The average molecular weight is 311 g/mol. The fourth-order valence-electron chi connectivity index (χ4n) is 3.19. The van der Waals surface area contributed by atoms with Crippen molar-refractivity contribution in [3.8, 4) is 0 Å². The van der Waals surface area contributed by atoms with Gasteiger partial charge in [0.05, 0.1) is 0 Å². The van der Waals surface area contributed by atoms with Crippen molar-refractivity contribution >= 4 is 11.6 Å². The first kappa shape index (κ1) is 15.8. The Morgan fingerprint density at radius 1 is 1.35 bits per heavy atom. The molecule has 0 fully saturated rings. The highest BCUT2D eigenvalue weighted by atomic mass is 16.2. The number of nitrogens with one attached hydrogen (secondary N) is 1. The predicted molar refractivity (Wildman–Crippen MR) is 93.1 cm³/mol. The van der Waals surface area contributed by atoms with Crippen molar-refractivity contribution in [2.75, 3.05) is 11.4 Å². The van der Waals surface area contributed by atoms with Crippen molar-refractivity contribution in [3.05, 3.63) is 46.8 Å². The van der Waals surface area contributed by atoms with Gasteiger partial charge in [0.2, 0.25) is 0 Å². The van der Waals surface area contributed by atoms with Crippen LogP contribution in [0.25, 0.3) is 0 Å². The molecule has 0 saturated carbocycles. The quantitative estimate of drug-likeness (QED) is 0.925. The van der Waals surface area contributed by atoms with E-state index in [0.29, 0.717) is 11.6 Å². The second-order valence-corrected chi connectivity index (χ2v) is 6.63. The van der Waals surface area contributed by atoms with Gasteiger partial charge in [-0.3, -0.25) is 9.89 Å². The maximum Gasteiger partial charge on any atom is 0.278 e. The van der Waals surface area contributed by atoms with E-state index in [2.05, 4.69) is 49.2 Å². The Labute approximate surface area is 137 Å². The lowest BCUT2D eigenvalue weighted by atomic mass is 9.94. The summed E-state index contributed by atoms with van der Waals surface area (Å²) in [6, 6.07) is 8.39. The summed E-state index contributed by atoms with van der Waals surface area (Å²) in [4.78, 5) is 14.7. The molecular weight excluding hydrogens is 286 g/mol. The SMILES string of the molecule is CCCc1cc(C(=O)N2CCCc3cc(C(C)C)ccc32)n[nH]1. The monoisotopic (exact) mass is 311 g/mol. The third kappa shape index (κ3) is 3.16. The second kappa shape index (κ2) is 6.57. The van der Waals surface area contributed by atoms with Gasteiger partial charge in [-0.2, -0.15) is 5.10 Å². The van der Waals surface area contributed by atoms with Crippen molar-refractivity contribution in [3.63, 3.8) is 0 Å². The molecule has 4 nitrogen and oxygen atoms in total. The van der Waals surface area contributed by atoms with Crippen molar-refractivity contribution in [1.82, 2.24) is 10.2 Å². The van der Waals surface area contributed by atoms with Crippen LogP contribution >= 0.6 is 0 Å². The Balaban J connectivity index is 1.88. The number of fused-ring (bicyclic) bond motifs is 1. The van der Waals surface area contributed by atoms with Crippen molar-refractivity contribution in [2.45, 2.75) is 52.4 Å². The maximum absolute atomic E-state index is 12.8. The van der Waals surface area contributed by atoms with E-state index >= 15 is 0 Å². The van der Waals surface area contributed by atoms with Gasteiger partial charge in [0, 0.05) is 17.9 Å². The molecule has 1 N–H and O–H groups in total. The van der Waals surface area contributed by atoms with E-state index in [1.54, 1.807) is 0 Å². The highest BCUT2D eigenvalue weighted by Crippen LogP contribution is 2.31. The summed E-state index contributed by atoms with van der Waals surface area (Å²) in [7, 11) is 0. The number of anilines is 1. The Bertz CT molecular complexity index is 702. The third-order valence-electron chi connectivity index (χ3n) is 4.50. The number of nitrogens with zero attached hydrogens (tertiary/aromatic N) is 2. The molecule has 0 spiro atoms. The van der Waals surface area contributed by atoms with Gasteiger partial charge in [-0.15, -0.1) is 0 Å². The molecular formula is C19H25N3O. The minimum absolute atomic E-state index is 0.00171. The number of hydrogen-bond acceptors (Lipinski definition) is 2.